The average Bonchev–Trinajstić information content (AvgIpc) is 2.77. The monoisotopic (exact) mass is 289 g/mol. The number of aliphatic hydroxyl groups is 1. The van der Waals surface area contributed by atoms with Crippen LogP contribution in [0.5, 0.6) is 0 Å². The normalized spacial score (nSPS) is 27.8. The number of pyridine rings is 1. The zero-order valence-corrected chi connectivity index (χ0v) is 12.7. The highest BCUT2D eigenvalue weighted by Gasteiger charge is 2.43. The van der Waals surface area contributed by atoms with E-state index in [9.17, 15) is 9.90 Å². The number of rotatable bonds is 3. The van der Waals surface area contributed by atoms with Crippen molar-refractivity contribution in [2.24, 2.45) is 0 Å². The number of piperidine rings is 1. The second-order valence-electron chi connectivity index (χ2n) is 6.06. The van der Waals surface area contributed by atoms with Crippen LogP contribution >= 0.6 is 0 Å². The first-order valence-corrected chi connectivity index (χ1v) is 7.81. The predicted octanol–water partition coefficient (Wildman–Crippen LogP) is 1.81. The first-order valence-electron chi connectivity index (χ1n) is 7.81. The second kappa shape index (κ2) is 5.64. The molecule has 0 aliphatic carbocycles. The maximum atomic E-state index is 12.9. The molecule has 2 N–H and O–H groups in total. The van der Waals surface area contributed by atoms with Gasteiger partial charge in [0.05, 0.1) is 6.10 Å². The topological polar surface area (TPSA) is 65.5 Å². The van der Waals surface area contributed by atoms with Gasteiger partial charge < -0.3 is 15.3 Å². The number of amides is 1. The van der Waals surface area contributed by atoms with Crippen LogP contribution in [0.3, 0.4) is 0 Å². The van der Waals surface area contributed by atoms with Crippen molar-refractivity contribution < 1.29 is 9.90 Å². The lowest BCUT2D eigenvalue weighted by molar-refractivity contribution is 0.0287. The van der Waals surface area contributed by atoms with Crippen molar-refractivity contribution in [3.63, 3.8) is 0 Å². The Labute approximate surface area is 125 Å². The summed E-state index contributed by atoms with van der Waals surface area (Å²) in [5.74, 6) is 0.824. The zero-order chi connectivity index (χ0) is 15.0. The van der Waals surface area contributed by atoms with Crippen molar-refractivity contribution in [1.29, 1.82) is 0 Å². The first-order chi connectivity index (χ1) is 10.1. The molecule has 2 unspecified atom stereocenters. The third-order valence-corrected chi connectivity index (χ3v) is 4.69. The Balaban J connectivity index is 1.89. The van der Waals surface area contributed by atoms with Gasteiger partial charge in [0, 0.05) is 30.4 Å². The summed E-state index contributed by atoms with van der Waals surface area (Å²) >= 11 is 0. The fraction of sp³-hybridized carbons (Fsp3) is 0.625. The van der Waals surface area contributed by atoms with E-state index in [1.807, 2.05) is 31.0 Å². The number of aryl methyl sites for hydroxylation is 1. The van der Waals surface area contributed by atoms with E-state index in [4.69, 9.17) is 0 Å². The maximum Gasteiger partial charge on any atom is 0.254 e. The highest BCUT2D eigenvalue weighted by molar-refractivity contribution is 5.95. The van der Waals surface area contributed by atoms with E-state index in [-0.39, 0.29) is 24.1 Å². The molecule has 1 aromatic heterocycles. The van der Waals surface area contributed by atoms with Gasteiger partial charge in [0.25, 0.3) is 5.91 Å². The van der Waals surface area contributed by atoms with Gasteiger partial charge in [-0.25, -0.2) is 4.98 Å². The molecule has 2 atom stereocenters. The maximum absolute atomic E-state index is 12.9. The van der Waals surface area contributed by atoms with E-state index in [1.54, 1.807) is 0 Å². The van der Waals surface area contributed by atoms with Crippen LogP contribution in [-0.4, -0.2) is 46.1 Å². The SMILES string of the molecule is CCc1cc(C(=O)N2C3CCC2CC(O)C3)cc(NC)n1. The van der Waals surface area contributed by atoms with Gasteiger partial charge in [-0.2, -0.15) is 0 Å². The molecule has 1 amide bonds. The molecule has 2 aliphatic rings. The van der Waals surface area contributed by atoms with E-state index >= 15 is 0 Å². The van der Waals surface area contributed by atoms with Gasteiger partial charge in [0.2, 0.25) is 0 Å². The van der Waals surface area contributed by atoms with Gasteiger partial charge in [0.15, 0.2) is 0 Å². The quantitative estimate of drug-likeness (QED) is 0.891. The summed E-state index contributed by atoms with van der Waals surface area (Å²) in [5, 5.41) is 12.9. The molecule has 2 aliphatic heterocycles. The number of hydrogen-bond acceptors (Lipinski definition) is 4. The lowest BCUT2D eigenvalue weighted by Crippen LogP contribution is -2.48. The molecule has 0 saturated carbocycles. The van der Waals surface area contributed by atoms with Crippen molar-refractivity contribution in [2.45, 2.75) is 57.2 Å². The number of fused-ring (bicyclic) bond motifs is 2. The smallest absolute Gasteiger partial charge is 0.254 e. The Kier molecular flexibility index (Phi) is 3.85. The third-order valence-electron chi connectivity index (χ3n) is 4.69. The van der Waals surface area contributed by atoms with E-state index in [0.717, 1.165) is 30.8 Å². The average molecular weight is 289 g/mol. The minimum Gasteiger partial charge on any atom is -0.393 e. The summed E-state index contributed by atoms with van der Waals surface area (Å²) in [5.41, 5.74) is 1.63. The Morgan fingerprint density at radius 2 is 2.05 bits per heavy atom. The van der Waals surface area contributed by atoms with Crippen molar-refractivity contribution >= 4 is 11.7 Å². The van der Waals surface area contributed by atoms with Gasteiger partial charge >= 0.3 is 0 Å². The molecule has 2 saturated heterocycles. The summed E-state index contributed by atoms with van der Waals surface area (Å²) in [6.07, 6.45) is 4.01. The second-order valence-corrected chi connectivity index (χ2v) is 6.06. The molecule has 3 rings (SSSR count). The molecule has 2 bridgehead atoms. The number of nitrogens with zero attached hydrogens (tertiary/aromatic N) is 2. The third kappa shape index (κ3) is 2.62. The minimum atomic E-state index is -0.247. The molecule has 1 aromatic rings. The molecule has 0 spiro atoms. The fourth-order valence-electron chi connectivity index (χ4n) is 3.65. The molecule has 21 heavy (non-hydrogen) atoms. The minimum absolute atomic E-state index is 0.0861. The molecule has 5 nitrogen and oxygen atoms in total. The van der Waals surface area contributed by atoms with Crippen LogP contribution in [0.4, 0.5) is 5.82 Å². The van der Waals surface area contributed by atoms with Crippen LogP contribution in [0.15, 0.2) is 12.1 Å². The summed E-state index contributed by atoms with van der Waals surface area (Å²) < 4.78 is 0. The van der Waals surface area contributed by atoms with E-state index in [2.05, 4.69) is 10.3 Å². The van der Waals surface area contributed by atoms with Crippen molar-refractivity contribution in [3.8, 4) is 0 Å². The molecule has 3 heterocycles. The molecular formula is C16H23N3O2. The molecule has 0 aromatic carbocycles. The number of hydrogen-bond donors (Lipinski definition) is 2. The van der Waals surface area contributed by atoms with Crippen LogP contribution in [0, 0.1) is 0 Å². The lowest BCUT2D eigenvalue weighted by atomic mass is 9.98. The number of aliphatic hydroxyl groups excluding tert-OH is 1. The fourth-order valence-corrected chi connectivity index (χ4v) is 3.65. The highest BCUT2D eigenvalue weighted by atomic mass is 16.3. The van der Waals surface area contributed by atoms with Gasteiger partial charge in [-0.15, -0.1) is 0 Å². The number of carbonyl (C=O) groups is 1. The van der Waals surface area contributed by atoms with Crippen LogP contribution in [0.1, 0.15) is 48.7 Å². The van der Waals surface area contributed by atoms with E-state index in [0.29, 0.717) is 18.4 Å². The molecular weight excluding hydrogens is 266 g/mol. The lowest BCUT2D eigenvalue weighted by Gasteiger charge is -2.37. The van der Waals surface area contributed by atoms with Crippen molar-refractivity contribution in [3.05, 3.63) is 23.4 Å². The summed E-state index contributed by atoms with van der Waals surface area (Å²) in [6, 6.07) is 4.12. The molecule has 114 valence electrons. The Morgan fingerprint density at radius 1 is 1.38 bits per heavy atom. The standard InChI is InChI=1S/C16H23N3O2/c1-3-11-6-10(7-15(17-2)18-11)16(21)19-12-4-5-13(19)9-14(20)8-12/h6-7,12-14,20H,3-5,8-9H2,1-2H3,(H,17,18). The first kappa shape index (κ1) is 14.3. The van der Waals surface area contributed by atoms with E-state index < -0.39 is 0 Å². The van der Waals surface area contributed by atoms with Gasteiger partial charge in [0.1, 0.15) is 5.82 Å². The van der Waals surface area contributed by atoms with E-state index in [1.165, 1.54) is 0 Å². The van der Waals surface area contributed by atoms with Crippen molar-refractivity contribution in [1.82, 2.24) is 9.88 Å². The van der Waals surface area contributed by atoms with Gasteiger partial charge in [-0.1, -0.05) is 6.92 Å². The number of nitrogens with one attached hydrogen (secondary N) is 1. The number of carbonyl (C=O) groups excluding carboxylic acids is 1. The Hall–Kier alpha value is -1.62. The summed E-state index contributed by atoms with van der Waals surface area (Å²) in [6.45, 7) is 2.04. The molecule has 5 heteroatoms. The summed E-state index contributed by atoms with van der Waals surface area (Å²) in [7, 11) is 1.82. The molecule has 2 fully saturated rings. The Bertz CT molecular complexity index is 510. The number of aromatic nitrogens is 1. The predicted molar refractivity (Wildman–Crippen MR) is 81.4 cm³/mol. The highest BCUT2D eigenvalue weighted by Crippen LogP contribution is 2.36. The van der Waals surface area contributed by atoms with Crippen LogP contribution in [0.2, 0.25) is 0 Å². The van der Waals surface area contributed by atoms with Crippen LogP contribution in [-0.2, 0) is 6.42 Å². The van der Waals surface area contributed by atoms with Gasteiger partial charge in [-0.3, -0.25) is 4.79 Å². The number of anilines is 1. The summed E-state index contributed by atoms with van der Waals surface area (Å²) in [4.78, 5) is 19.3. The van der Waals surface area contributed by atoms with Gasteiger partial charge in [-0.05, 0) is 44.2 Å². The largest absolute Gasteiger partial charge is 0.393 e. The Morgan fingerprint density at radius 3 is 2.62 bits per heavy atom. The zero-order valence-electron chi connectivity index (χ0n) is 12.7. The van der Waals surface area contributed by atoms with Crippen LogP contribution < -0.4 is 5.32 Å². The molecule has 0 radical (unpaired) electrons. The van der Waals surface area contributed by atoms with Crippen molar-refractivity contribution in [2.75, 3.05) is 12.4 Å². The van der Waals surface area contributed by atoms with Crippen LogP contribution in [0.25, 0.3) is 0 Å².